The van der Waals surface area contributed by atoms with Crippen LogP contribution in [-0.4, -0.2) is 11.8 Å². The lowest BCUT2D eigenvalue weighted by Crippen LogP contribution is -2.28. The van der Waals surface area contributed by atoms with Gasteiger partial charge in [0.1, 0.15) is 0 Å². The van der Waals surface area contributed by atoms with E-state index in [1.807, 2.05) is 49.4 Å². The summed E-state index contributed by atoms with van der Waals surface area (Å²) in [5.41, 5.74) is 2.77. The van der Waals surface area contributed by atoms with Gasteiger partial charge in [-0.1, -0.05) is 66.2 Å². The Hall–Kier alpha value is -3.11. The summed E-state index contributed by atoms with van der Waals surface area (Å²) < 4.78 is 0. The zero-order valence-corrected chi connectivity index (χ0v) is 16.2. The predicted molar refractivity (Wildman–Crippen MR) is 113 cm³/mol. The lowest BCUT2D eigenvalue weighted by Gasteiger charge is -2.16. The molecule has 4 nitrogen and oxygen atoms in total. The molecule has 0 radical (unpaired) electrons. The molecule has 2 amide bonds. The smallest absolute Gasteiger partial charge is 0.253 e. The van der Waals surface area contributed by atoms with Gasteiger partial charge >= 0.3 is 0 Å². The second-order valence-electron chi connectivity index (χ2n) is 6.50. The summed E-state index contributed by atoms with van der Waals surface area (Å²) in [6.45, 7) is 1.93. The van der Waals surface area contributed by atoms with E-state index in [0.717, 1.165) is 11.1 Å². The Morgan fingerprint density at radius 3 is 2.25 bits per heavy atom. The molecular weight excluding hydrogens is 372 g/mol. The summed E-state index contributed by atoms with van der Waals surface area (Å²) in [4.78, 5) is 25.2. The van der Waals surface area contributed by atoms with E-state index >= 15 is 0 Å². The van der Waals surface area contributed by atoms with E-state index in [-0.39, 0.29) is 24.3 Å². The first-order valence-electron chi connectivity index (χ1n) is 9.02. The van der Waals surface area contributed by atoms with E-state index in [1.165, 1.54) is 0 Å². The van der Waals surface area contributed by atoms with Gasteiger partial charge < -0.3 is 10.6 Å². The first-order valence-corrected chi connectivity index (χ1v) is 9.40. The number of para-hydroxylation sites is 1. The van der Waals surface area contributed by atoms with Crippen molar-refractivity contribution in [3.05, 3.63) is 101 Å². The summed E-state index contributed by atoms with van der Waals surface area (Å²) in [5.74, 6) is -0.433. The normalized spacial score (nSPS) is 11.5. The molecule has 142 valence electrons. The van der Waals surface area contributed by atoms with Crippen molar-refractivity contribution in [2.75, 3.05) is 5.32 Å². The van der Waals surface area contributed by atoms with Crippen LogP contribution < -0.4 is 10.6 Å². The largest absolute Gasteiger partial charge is 0.345 e. The molecule has 2 N–H and O–H groups in total. The zero-order valence-electron chi connectivity index (χ0n) is 15.5. The molecule has 0 aliphatic carbocycles. The number of halogens is 1. The lowest BCUT2D eigenvalue weighted by molar-refractivity contribution is -0.115. The minimum atomic E-state index is -0.237. The number of hydrogen-bond acceptors (Lipinski definition) is 2. The van der Waals surface area contributed by atoms with Crippen LogP contribution >= 0.6 is 11.6 Å². The fourth-order valence-electron chi connectivity index (χ4n) is 2.87. The van der Waals surface area contributed by atoms with Crippen molar-refractivity contribution in [2.45, 2.75) is 19.4 Å². The molecular formula is C23H21ClN2O2. The minimum Gasteiger partial charge on any atom is -0.345 e. The molecule has 0 unspecified atom stereocenters. The number of rotatable bonds is 6. The summed E-state index contributed by atoms with van der Waals surface area (Å²) in [6, 6.07) is 23.7. The van der Waals surface area contributed by atoms with E-state index in [2.05, 4.69) is 10.6 Å². The second kappa shape index (κ2) is 9.20. The third-order valence-electron chi connectivity index (χ3n) is 4.37. The second-order valence-corrected chi connectivity index (χ2v) is 6.94. The van der Waals surface area contributed by atoms with Crippen molar-refractivity contribution >= 4 is 29.1 Å². The van der Waals surface area contributed by atoms with Crippen LogP contribution in [0.3, 0.4) is 0 Å². The van der Waals surface area contributed by atoms with Crippen LogP contribution in [0.1, 0.15) is 34.5 Å². The molecule has 0 saturated heterocycles. The maximum atomic E-state index is 12.7. The first-order chi connectivity index (χ1) is 13.5. The third-order valence-corrected chi connectivity index (χ3v) is 4.62. The van der Waals surface area contributed by atoms with Crippen LogP contribution in [0, 0.1) is 0 Å². The van der Waals surface area contributed by atoms with Gasteiger partial charge in [-0.3, -0.25) is 9.59 Å². The van der Waals surface area contributed by atoms with Gasteiger partial charge in [-0.05, 0) is 42.3 Å². The zero-order chi connectivity index (χ0) is 19.9. The number of benzene rings is 3. The highest BCUT2D eigenvalue weighted by Gasteiger charge is 2.16. The van der Waals surface area contributed by atoms with Crippen molar-refractivity contribution in [1.29, 1.82) is 0 Å². The summed E-state index contributed by atoms with van der Waals surface area (Å²) in [6.07, 6.45) is 0.202. The van der Waals surface area contributed by atoms with Gasteiger partial charge in [0.2, 0.25) is 5.91 Å². The molecule has 5 heteroatoms. The van der Waals surface area contributed by atoms with Crippen LogP contribution in [-0.2, 0) is 11.2 Å². The highest BCUT2D eigenvalue weighted by Crippen LogP contribution is 2.18. The third kappa shape index (κ3) is 5.21. The van der Waals surface area contributed by atoms with E-state index in [9.17, 15) is 9.59 Å². The van der Waals surface area contributed by atoms with Gasteiger partial charge in [0, 0.05) is 5.02 Å². The van der Waals surface area contributed by atoms with Gasteiger partial charge in [-0.25, -0.2) is 0 Å². The molecule has 0 bridgehead atoms. The molecule has 3 aromatic rings. The Balaban J connectivity index is 1.69. The van der Waals surface area contributed by atoms with Crippen LogP contribution in [0.2, 0.25) is 5.02 Å². The maximum absolute atomic E-state index is 12.7. The SMILES string of the molecule is C[C@H](NC(=O)c1ccccc1NC(=O)Cc1ccc(Cl)cc1)c1ccccc1. The quantitative estimate of drug-likeness (QED) is 0.619. The van der Waals surface area contributed by atoms with Gasteiger partial charge in [0.25, 0.3) is 5.91 Å². The first kappa shape index (κ1) is 19.6. The van der Waals surface area contributed by atoms with E-state index < -0.39 is 0 Å². The Morgan fingerprint density at radius 1 is 0.893 bits per heavy atom. The fraction of sp³-hybridized carbons (Fsp3) is 0.130. The molecule has 3 aromatic carbocycles. The number of carbonyl (C=O) groups is 2. The Bertz CT molecular complexity index is 956. The average Bonchev–Trinajstić information content (AvgIpc) is 2.70. The van der Waals surface area contributed by atoms with Crippen LogP contribution in [0.4, 0.5) is 5.69 Å². The van der Waals surface area contributed by atoms with Gasteiger partial charge in [0.15, 0.2) is 0 Å². The Morgan fingerprint density at radius 2 is 1.54 bits per heavy atom. The molecule has 3 rings (SSSR count). The van der Waals surface area contributed by atoms with E-state index in [0.29, 0.717) is 16.3 Å². The van der Waals surface area contributed by atoms with Crippen molar-refractivity contribution in [3.63, 3.8) is 0 Å². The average molecular weight is 393 g/mol. The van der Waals surface area contributed by atoms with E-state index in [4.69, 9.17) is 11.6 Å². The minimum absolute atomic E-state index is 0.147. The summed E-state index contributed by atoms with van der Waals surface area (Å²) in [7, 11) is 0. The molecule has 0 saturated carbocycles. The molecule has 0 aliphatic heterocycles. The number of anilines is 1. The number of carbonyl (C=O) groups excluding carboxylic acids is 2. The van der Waals surface area contributed by atoms with Crippen LogP contribution in [0.15, 0.2) is 78.9 Å². The Labute approximate surface area is 169 Å². The predicted octanol–water partition coefficient (Wildman–Crippen LogP) is 5.01. The fourth-order valence-corrected chi connectivity index (χ4v) is 3.00. The topological polar surface area (TPSA) is 58.2 Å². The molecule has 0 spiro atoms. The van der Waals surface area contributed by atoms with Gasteiger partial charge in [-0.2, -0.15) is 0 Å². The molecule has 0 fully saturated rings. The molecule has 0 aliphatic rings. The monoisotopic (exact) mass is 392 g/mol. The number of hydrogen-bond donors (Lipinski definition) is 2. The molecule has 0 heterocycles. The summed E-state index contributed by atoms with van der Waals surface area (Å²) >= 11 is 5.87. The molecule has 1 atom stereocenters. The van der Waals surface area contributed by atoms with E-state index in [1.54, 1.807) is 36.4 Å². The van der Waals surface area contributed by atoms with Gasteiger partial charge in [-0.15, -0.1) is 0 Å². The van der Waals surface area contributed by atoms with Crippen molar-refractivity contribution < 1.29 is 9.59 Å². The van der Waals surface area contributed by atoms with Crippen molar-refractivity contribution in [2.24, 2.45) is 0 Å². The molecule has 28 heavy (non-hydrogen) atoms. The number of amides is 2. The Kier molecular flexibility index (Phi) is 6.45. The van der Waals surface area contributed by atoms with Crippen molar-refractivity contribution in [3.8, 4) is 0 Å². The molecule has 0 aromatic heterocycles. The summed E-state index contributed by atoms with van der Waals surface area (Å²) in [5, 5.41) is 6.44. The number of nitrogens with one attached hydrogen (secondary N) is 2. The standard InChI is InChI=1S/C23H21ClN2O2/c1-16(18-7-3-2-4-8-18)25-23(28)20-9-5-6-10-21(20)26-22(27)15-17-11-13-19(24)14-12-17/h2-14,16H,15H2,1H3,(H,25,28)(H,26,27)/t16-/m0/s1. The van der Waals surface area contributed by atoms with Gasteiger partial charge in [0.05, 0.1) is 23.7 Å². The maximum Gasteiger partial charge on any atom is 0.253 e. The lowest BCUT2D eigenvalue weighted by atomic mass is 10.1. The highest BCUT2D eigenvalue weighted by molar-refractivity contribution is 6.30. The van der Waals surface area contributed by atoms with Crippen LogP contribution in [0.25, 0.3) is 0 Å². The van der Waals surface area contributed by atoms with Crippen LogP contribution in [0.5, 0.6) is 0 Å². The highest BCUT2D eigenvalue weighted by atomic mass is 35.5. The van der Waals surface area contributed by atoms with Crippen molar-refractivity contribution in [1.82, 2.24) is 5.32 Å².